The summed E-state index contributed by atoms with van der Waals surface area (Å²) in [6.07, 6.45) is -0.118. The molecule has 172 valence electrons. The first-order valence-electron chi connectivity index (χ1n) is 11.1. The van der Waals surface area contributed by atoms with Crippen LogP contribution in [0.5, 0.6) is 0 Å². The van der Waals surface area contributed by atoms with Gasteiger partial charge in [-0.25, -0.2) is 4.90 Å². The number of imide groups is 1. The second-order valence-electron chi connectivity index (χ2n) is 8.86. The molecular formula is C26H29N3O4. The van der Waals surface area contributed by atoms with Gasteiger partial charge in [0.05, 0.1) is 23.5 Å². The number of benzene rings is 2. The van der Waals surface area contributed by atoms with Gasteiger partial charge in [-0.05, 0) is 68.7 Å². The number of nitrogens with zero attached hydrogens (tertiary/aromatic N) is 2. The average Bonchev–Trinajstić information content (AvgIpc) is 3.00. The number of ether oxygens (including phenoxy) is 1. The fraction of sp³-hybridized carbons (Fsp3) is 0.346. The van der Waals surface area contributed by atoms with E-state index in [0.29, 0.717) is 35.7 Å². The summed E-state index contributed by atoms with van der Waals surface area (Å²) in [5, 5.41) is 2.70. The van der Waals surface area contributed by atoms with Gasteiger partial charge in [0.25, 0.3) is 11.8 Å². The number of morpholine rings is 1. The van der Waals surface area contributed by atoms with Gasteiger partial charge in [-0.2, -0.15) is 0 Å². The normalized spacial score (nSPS) is 21.1. The van der Waals surface area contributed by atoms with Gasteiger partial charge in [-0.3, -0.25) is 14.4 Å². The Bertz CT molecular complexity index is 1140. The number of rotatable bonds is 4. The monoisotopic (exact) mass is 447 g/mol. The number of carbonyl (C=O) groups excluding carboxylic acids is 3. The summed E-state index contributed by atoms with van der Waals surface area (Å²) in [6, 6.07) is 12.6. The van der Waals surface area contributed by atoms with Gasteiger partial charge < -0.3 is 15.0 Å². The van der Waals surface area contributed by atoms with E-state index in [0.717, 1.165) is 16.7 Å². The van der Waals surface area contributed by atoms with Crippen molar-refractivity contribution in [1.29, 1.82) is 0 Å². The Morgan fingerprint density at radius 3 is 2.15 bits per heavy atom. The Morgan fingerprint density at radius 2 is 1.58 bits per heavy atom. The number of hydrogen-bond donors (Lipinski definition) is 1. The molecule has 0 spiro atoms. The van der Waals surface area contributed by atoms with Crippen molar-refractivity contribution in [2.24, 2.45) is 0 Å². The van der Waals surface area contributed by atoms with Crippen molar-refractivity contribution < 1.29 is 19.1 Å². The van der Waals surface area contributed by atoms with Crippen molar-refractivity contribution in [3.8, 4) is 0 Å². The summed E-state index contributed by atoms with van der Waals surface area (Å²) in [4.78, 5) is 42.0. The first kappa shape index (κ1) is 22.7. The van der Waals surface area contributed by atoms with Crippen LogP contribution < -0.4 is 10.2 Å². The lowest BCUT2D eigenvalue weighted by Crippen LogP contribution is -2.47. The minimum Gasteiger partial charge on any atom is -0.372 e. The maximum Gasteiger partial charge on any atom is 0.282 e. The summed E-state index contributed by atoms with van der Waals surface area (Å²) in [5.41, 5.74) is 4.80. The average molecular weight is 448 g/mol. The number of hydrogen-bond acceptors (Lipinski definition) is 5. The van der Waals surface area contributed by atoms with E-state index in [4.69, 9.17) is 4.74 Å². The third-order valence-corrected chi connectivity index (χ3v) is 6.04. The predicted octanol–water partition coefficient (Wildman–Crippen LogP) is 3.66. The van der Waals surface area contributed by atoms with Gasteiger partial charge in [0, 0.05) is 25.7 Å². The van der Waals surface area contributed by atoms with Crippen LogP contribution in [-0.2, 0) is 19.1 Å². The third-order valence-electron chi connectivity index (χ3n) is 6.04. The van der Waals surface area contributed by atoms with E-state index in [2.05, 4.69) is 5.32 Å². The fourth-order valence-electron chi connectivity index (χ4n) is 4.46. The van der Waals surface area contributed by atoms with Crippen LogP contribution in [0.3, 0.4) is 0 Å². The van der Waals surface area contributed by atoms with Crippen LogP contribution in [0, 0.1) is 13.8 Å². The Kier molecular flexibility index (Phi) is 6.08. The molecular weight excluding hydrogens is 418 g/mol. The summed E-state index contributed by atoms with van der Waals surface area (Å²) in [5.74, 6) is -0.883. The molecule has 2 heterocycles. The molecule has 2 aromatic carbocycles. The number of carbonyl (C=O) groups is 3. The van der Waals surface area contributed by atoms with Crippen LogP contribution in [0.15, 0.2) is 48.2 Å². The van der Waals surface area contributed by atoms with Gasteiger partial charge in [-0.1, -0.05) is 18.2 Å². The molecule has 0 radical (unpaired) electrons. The zero-order valence-corrected chi connectivity index (χ0v) is 19.6. The van der Waals surface area contributed by atoms with Crippen LogP contribution in [-0.4, -0.2) is 47.9 Å². The van der Waals surface area contributed by atoms with Crippen LogP contribution in [0.4, 0.5) is 11.4 Å². The Balaban J connectivity index is 1.78. The molecule has 7 heteroatoms. The van der Waals surface area contributed by atoms with Crippen LogP contribution in [0.2, 0.25) is 0 Å². The standard InChI is InChI=1S/C26H29N3O4/c1-15-6-7-20(12-16(15)2)23-24(28-13-17(3)33-18(4)14-28)26(32)29(25(23)31)22-10-8-21(9-11-22)27-19(5)30/h6-12,17-18H,13-14H2,1-5H3,(H,27,30). The summed E-state index contributed by atoms with van der Waals surface area (Å²) >= 11 is 0. The predicted molar refractivity (Wildman–Crippen MR) is 128 cm³/mol. The molecule has 1 N–H and O–H groups in total. The van der Waals surface area contributed by atoms with E-state index in [9.17, 15) is 14.4 Å². The molecule has 2 aliphatic rings. The summed E-state index contributed by atoms with van der Waals surface area (Å²) < 4.78 is 5.86. The van der Waals surface area contributed by atoms with Crippen molar-refractivity contribution >= 4 is 34.7 Å². The van der Waals surface area contributed by atoms with E-state index in [1.807, 2.05) is 50.8 Å². The Labute approximate surface area is 194 Å². The van der Waals surface area contributed by atoms with E-state index < -0.39 is 0 Å². The number of anilines is 2. The molecule has 0 aromatic heterocycles. The van der Waals surface area contributed by atoms with Crippen LogP contribution in [0.1, 0.15) is 37.5 Å². The zero-order chi connectivity index (χ0) is 23.9. The molecule has 0 saturated carbocycles. The molecule has 1 fully saturated rings. The SMILES string of the molecule is CC(=O)Nc1ccc(N2C(=O)C(c3ccc(C)c(C)c3)=C(N3CC(C)OC(C)C3)C2=O)cc1. The molecule has 7 nitrogen and oxygen atoms in total. The largest absolute Gasteiger partial charge is 0.372 e. The van der Waals surface area contributed by atoms with Gasteiger partial charge >= 0.3 is 0 Å². The lowest BCUT2D eigenvalue weighted by atomic mass is 9.99. The van der Waals surface area contributed by atoms with Gasteiger partial charge in [0.1, 0.15) is 5.70 Å². The molecule has 2 unspecified atom stereocenters. The van der Waals surface area contributed by atoms with E-state index in [1.54, 1.807) is 24.3 Å². The lowest BCUT2D eigenvalue weighted by Gasteiger charge is -2.37. The first-order chi connectivity index (χ1) is 15.7. The van der Waals surface area contributed by atoms with Crippen LogP contribution >= 0.6 is 0 Å². The van der Waals surface area contributed by atoms with Gasteiger partial charge in [0.15, 0.2) is 0 Å². The highest BCUT2D eigenvalue weighted by Crippen LogP contribution is 2.36. The minimum atomic E-state index is -0.350. The van der Waals surface area contributed by atoms with Crippen molar-refractivity contribution in [2.45, 2.75) is 46.8 Å². The van der Waals surface area contributed by atoms with Gasteiger partial charge in [0.2, 0.25) is 5.91 Å². The lowest BCUT2D eigenvalue weighted by molar-refractivity contribution is -0.121. The van der Waals surface area contributed by atoms with Gasteiger partial charge in [-0.15, -0.1) is 0 Å². The molecule has 2 atom stereocenters. The molecule has 4 rings (SSSR count). The third kappa shape index (κ3) is 4.41. The zero-order valence-electron chi connectivity index (χ0n) is 19.6. The number of amides is 3. The van der Waals surface area contributed by atoms with Crippen molar-refractivity contribution in [1.82, 2.24) is 4.90 Å². The molecule has 0 aliphatic carbocycles. The minimum absolute atomic E-state index is 0.0591. The van der Waals surface area contributed by atoms with E-state index >= 15 is 0 Å². The number of aryl methyl sites for hydroxylation is 2. The molecule has 0 bridgehead atoms. The topological polar surface area (TPSA) is 79.0 Å². The van der Waals surface area contributed by atoms with Crippen LogP contribution in [0.25, 0.3) is 5.57 Å². The van der Waals surface area contributed by atoms with Crippen molar-refractivity contribution in [3.63, 3.8) is 0 Å². The maximum absolute atomic E-state index is 13.7. The quantitative estimate of drug-likeness (QED) is 0.724. The highest BCUT2D eigenvalue weighted by atomic mass is 16.5. The Hall–Kier alpha value is -3.45. The maximum atomic E-state index is 13.7. The van der Waals surface area contributed by atoms with Crippen molar-refractivity contribution in [3.05, 3.63) is 64.9 Å². The van der Waals surface area contributed by atoms with Crippen molar-refractivity contribution in [2.75, 3.05) is 23.3 Å². The first-order valence-corrected chi connectivity index (χ1v) is 11.1. The highest BCUT2D eigenvalue weighted by molar-refractivity contribution is 6.45. The summed E-state index contributed by atoms with van der Waals surface area (Å²) in [7, 11) is 0. The smallest absolute Gasteiger partial charge is 0.282 e. The molecule has 2 aliphatic heterocycles. The second kappa shape index (κ2) is 8.83. The van der Waals surface area contributed by atoms with E-state index in [-0.39, 0.29) is 29.9 Å². The summed E-state index contributed by atoms with van der Waals surface area (Å²) in [6.45, 7) is 10.4. The number of nitrogens with one attached hydrogen (secondary N) is 1. The molecule has 2 aromatic rings. The highest BCUT2D eigenvalue weighted by Gasteiger charge is 2.43. The molecule has 33 heavy (non-hydrogen) atoms. The fourth-order valence-corrected chi connectivity index (χ4v) is 4.46. The molecule has 3 amide bonds. The Morgan fingerprint density at radius 1 is 0.939 bits per heavy atom. The molecule has 1 saturated heterocycles. The van der Waals surface area contributed by atoms with E-state index in [1.165, 1.54) is 11.8 Å². The second-order valence-corrected chi connectivity index (χ2v) is 8.86.